The van der Waals surface area contributed by atoms with Gasteiger partial charge in [0.05, 0.1) is 17.9 Å². The Morgan fingerprint density at radius 3 is 2.74 bits per heavy atom. The maximum atomic E-state index is 12.5. The summed E-state index contributed by atoms with van der Waals surface area (Å²) >= 11 is 1.66. The van der Waals surface area contributed by atoms with Crippen LogP contribution in [0.4, 0.5) is 0 Å². The summed E-state index contributed by atoms with van der Waals surface area (Å²) in [6, 6.07) is -0.231. The third-order valence-corrected chi connectivity index (χ3v) is 6.84. The molecule has 0 radical (unpaired) electrons. The second-order valence-corrected chi connectivity index (χ2v) is 8.60. The molecule has 2 aromatic heterocycles. The molecule has 0 aromatic carbocycles. The molecule has 1 N–H and O–H groups in total. The fourth-order valence-electron chi connectivity index (χ4n) is 3.93. The van der Waals surface area contributed by atoms with E-state index >= 15 is 0 Å². The Hall–Kier alpha value is -2.22. The first-order valence-electron chi connectivity index (χ1n) is 9.58. The highest BCUT2D eigenvalue weighted by atomic mass is 32.1. The molecule has 144 valence electrons. The monoisotopic (exact) mass is 387 g/mol. The van der Waals surface area contributed by atoms with Gasteiger partial charge in [-0.05, 0) is 50.5 Å². The first-order chi connectivity index (χ1) is 13.0. The number of thiazole rings is 1. The number of carbonyl (C=O) groups excluding carboxylic acids is 2. The zero-order chi connectivity index (χ0) is 19.0. The number of piperidine rings is 1. The van der Waals surface area contributed by atoms with Crippen LogP contribution in [-0.2, 0) is 29.5 Å². The number of hydrogen-bond acceptors (Lipinski definition) is 5. The molecule has 1 unspecified atom stereocenters. The van der Waals surface area contributed by atoms with Crippen LogP contribution in [0.2, 0.25) is 0 Å². The molecule has 8 heteroatoms. The van der Waals surface area contributed by atoms with E-state index < -0.39 is 11.8 Å². The van der Waals surface area contributed by atoms with Crippen LogP contribution < -0.4 is 5.32 Å². The molecular weight excluding hydrogens is 362 g/mol. The van der Waals surface area contributed by atoms with Crippen LogP contribution in [0.15, 0.2) is 12.4 Å². The van der Waals surface area contributed by atoms with E-state index in [0.29, 0.717) is 19.0 Å². The lowest BCUT2D eigenvalue weighted by molar-refractivity contribution is -0.146. The van der Waals surface area contributed by atoms with Gasteiger partial charge in [0, 0.05) is 31.2 Å². The van der Waals surface area contributed by atoms with Crippen LogP contribution >= 0.6 is 11.3 Å². The van der Waals surface area contributed by atoms with E-state index in [1.165, 1.54) is 22.6 Å². The number of amides is 2. The third kappa shape index (κ3) is 3.76. The van der Waals surface area contributed by atoms with Crippen molar-refractivity contribution in [1.82, 2.24) is 25.0 Å². The van der Waals surface area contributed by atoms with E-state index in [9.17, 15) is 9.59 Å². The average Bonchev–Trinajstić information content (AvgIpc) is 3.37. The zero-order valence-electron chi connectivity index (χ0n) is 15.8. The zero-order valence-corrected chi connectivity index (χ0v) is 16.6. The van der Waals surface area contributed by atoms with Crippen LogP contribution in [-0.4, -0.2) is 44.6 Å². The van der Waals surface area contributed by atoms with Gasteiger partial charge in [-0.15, -0.1) is 11.3 Å². The fourth-order valence-corrected chi connectivity index (χ4v) is 5.08. The van der Waals surface area contributed by atoms with Crippen molar-refractivity contribution in [2.24, 2.45) is 7.05 Å². The maximum absolute atomic E-state index is 12.5. The minimum atomic E-state index is -0.530. The highest BCUT2D eigenvalue weighted by Gasteiger charge is 2.29. The molecule has 1 atom stereocenters. The standard InChI is InChI=1S/C19H25N5O2S/c1-12(18-22-15-4-3-5-16(15)27-18)21-17(25)19(26)24-8-6-13(7-9-24)14-10-20-23(2)11-14/h10-13H,3-9H2,1-2H3,(H,21,25). The number of rotatable bonds is 3. The molecule has 2 amide bonds. The quantitative estimate of drug-likeness (QED) is 0.817. The third-order valence-electron chi connectivity index (χ3n) is 5.50. The summed E-state index contributed by atoms with van der Waals surface area (Å²) in [5.41, 5.74) is 2.37. The molecule has 1 aliphatic heterocycles. The van der Waals surface area contributed by atoms with Crippen molar-refractivity contribution in [1.29, 1.82) is 0 Å². The molecule has 7 nitrogen and oxygen atoms in total. The van der Waals surface area contributed by atoms with E-state index in [-0.39, 0.29) is 6.04 Å². The number of hydrogen-bond donors (Lipinski definition) is 1. The van der Waals surface area contributed by atoms with Crippen LogP contribution in [0.1, 0.15) is 59.3 Å². The molecule has 1 aliphatic carbocycles. The second kappa shape index (κ2) is 7.42. The Labute approximate surface area is 162 Å². The van der Waals surface area contributed by atoms with Crippen LogP contribution in [0, 0.1) is 0 Å². The molecule has 4 rings (SSSR count). The maximum Gasteiger partial charge on any atom is 0.311 e. The van der Waals surface area contributed by atoms with Gasteiger partial charge in [0.1, 0.15) is 5.01 Å². The normalized spacial score (nSPS) is 18.4. The molecule has 0 bridgehead atoms. The summed E-state index contributed by atoms with van der Waals surface area (Å²) in [5.74, 6) is -0.560. The van der Waals surface area contributed by atoms with E-state index in [1.54, 1.807) is 20.9 Å². The van der Waals surface area contributed by atoms with Crippen molar-refractivity contribution in [3.8, 4) is 0 Å². The van der Waals surface area contributed by atoms with Crippen molar-refractivity contribution >= 4 is 23.2 Å². The number of carbonyl (C=O) groups is 2. The molecule has 1 saturated heterocycles. The number of fused-ring (bicyclic) bond motifs is 1. The Bertz CT molecular complexity index is 829. The van der Waals surface area contributed by atoms with E-state index in [0.717, 1.165) is 30.7 Å². The first kappa shape index (κ1) is 18.2. The van der Waals surface area contributed by atoms with Gasteiger partial charge in [-0.1, -0.05) is 0 Å². The fraction of sp³-hybridized carbons (Fsp3) is 0.579. The second-order valence-electron chi connectivity index (χ2n) is 7.48. The van der Waals surface area contributed by atoms with Gasteiger partial charge in [0.15, 0.2) is 0 Å². The molecule has 3 heterocycles. The molecule has 2 aliphatic rings. The predicted molar refractivity (Wildman–Crippen MR) is 102 cm³/mol. The summed E-state index contributed by atoms with van der Waals surface area (Å²) in [7, 11) is 1.91. The summed E-state index contributed by atoms with van der Waals surface area (Å²) < 4.78 is 1.80. The minimum absolute atomic E-state index is 0.231. The Balaban J connectivity index is 1.30. The lowest BCUT2D eigenvalue weighted by Gasteiger charge is -2.31. The van der Waals surface area contributed by atoms with Gasteiger partial charge in [-0.3, -0.25) is 14.3 Å². The average molecular weight is 388 g/mol. The largest absolute Gasteiger partial charge is 0.339 e. The first-order valence-corrected chi connectivity index (χ1v) is 10.4. The Kier molecular flexibility index (Phi) is 4.99. The number of nitrogens with one attached hydrogen (secondary N) is 1. The smallest absolute Gasteiger partial charge is 0.311 e. The summed E-state index contributed by atoms with van der Waals surface area (Å²) in [6.07, 6.45) is 8.92. The number of aryl methyl sites for hydroxylation is 3. The molecule has 2 aromatic rings. The molecule has 27 heavy (non-hydrogen) atoms. The Morgan fingerprint density at radius 2 is 2.07 bits per heavy atom. The van der Waals surface area contributed by atoms with Gasteiger partial charge in [0.2, 0.25) is 0 Å². The molecule has 1 fully saturated rings. The summed E-state index contributed by atoms with van der Waals surface area (Å²) in [4.78, 5) is 32.6. The van der Waals surface area contributed by atoms with Crippen LogP contribution in [0.25, 0.3) is 0 Å². The highest BCUT2D eigenvalue weighted by molar-refractivity contribution is 7.11. The van der Waals surface area contributed by atoms with E-state index in [1.807, 2.05) is 26.4 Å². The van der Waals surface area contributed by atoms with Crippen molar-refractivity contribution in [2.75, 3.05) is 13.1 Å². The number of aromatic nitrogens is 3. The van der Waals surface area contributed by atoms with Crippen LogP contribution in [0.3, 0.4) is 0 Å². The predicted octanol–water partition coefficient (Wildman–Crippen LogP) is 1.95. The van der Waals surface area contributed by atoms with Crippen molar-refractivity contribution in [3.63, 3.8) is 0 Å². The van der Waals surface area contributed by atoms with Crippen molar-refractivity contribution in [3.05, 3.63) is 33.5 Å². The van der Waals surface area contributed by atoms with Gasteiger partial charge in [-0.2, -0.15) is 5.10 Å². The SMILES string of the molecule is CC(NC(=O)C(=O)N1CCC(c2cnn(C)c2)CC1)c1nc2c(s1)CCC2. The number of likely N-dealkylation sites (tertiary alicyclic amines) is 1. The van der Waals surface area contributed by atoms with E-state index in [2.05, 4.69) is 15.4 Å². The molecule has 0 saturated carbocycles. The van der Waals surface area contributed by atoms with Gasteiger partial charge in [0.25, 0.3) is 0 Å². The van der Waals surface area contributed by atoms with Gasteiger partial charge >= 0.3 is 11.8 Å². The highest BCUT2D eigenvalue weighted by Crippen LogP contribution is 2.31. The van der Waals surface area contributed by atoms with E-state index in [4.69, 9.17) is 0 Å². The van der Waals surface area contributed by atoms with Gasteiger partial charge < -0.3 is 10.2 Å². The topological polar surface area (TPSA) is 80.1 Å². The van der Waals surface area contributed by atoms with Crippen molar-refractivity contribution in [2.45, 2.75) is 51.0 Å². The lowest BCUT2D eigenvalue weighted by atomic mass is 9.91. The number of nitrogens with zero attached hydrogens (tertiary/aromatic N) is 4. The van der Waals surface area contributed by atoms with Crippen molar-refractivity contribution < 1.29 is 9.59 Å². The Morgan fingerprint density at radius 1 is 1.30 bits per heavy atom. The minimum Gasteiger partial charge on any atom is -0.339 e. The molecule has 0 spiro atoms. The lowest BCUT2D eigenvalue weighted by Crippen LogP contribution is -2.46. The molecular formula is C19H25N5O2S. The summed E-state index contributed by atoms with van der Waals surface area (Å²) in [5, 5.41) is 7.95. The van der Waals surface area contributed by atoms with Gasteiger partial charge in [-0.25, -0.2) is 4.98 Å². The van der Waals surface area contributed by atoms with Crippen LogP contribution in [0.5, 0.6) is 0 Å². The summed E-state index contributed by atoms with van der Waals surface area (Å²) in [6.45, 7) is 3.10.